The Morgan fingerprint density at radius 3 is 2.41 bits per heavy atom. The standard InChI is InChI=1S/C27H21Cl2F3N6O/c1-15(2)17-4-6-18(7-5-17)23-10-24(27(30,31)32)38-25(36-23)20(12-34-38)26(39)35-19-11-33-37(14-19)13-16-3-8-21(28)22(29)9-16/h3-12,14-15H,13H2,1-2H3,(H,35,39). The van der Waals surface area contributed by atoms with E-state index >= 15 is 0 Å². The van der Waals surface area contributed by atoms with Crippen molar-refractivity contribution in [3.8, 4) is 11.3 Å². The molecule has 200 valence electrons. The number of hydrogen-bond donors (Lipinski definition) is 1. The lowest BCUT2D eigenvalue weighted by molar-refractivity contribution is -0.142. The van der Waals surface area contributed by atoms with Crippen molar-refractivity contribution < 1.29 is 18.0 Å². The highest BCUT2D eigenvalue weighted by Gasteiger charge is 2.36. The monoisotopic (exact) mass is 572 g/mol. The molecule has 0 aliphatic carbocycles. The molecule has 3 heterocycles. The zero-order valence-electron chi connectivity index (χ0n) is 20.7. The molecule has 12 heteroatoms. The Morgan fingerprint density at radius 1 is 1.00 bits per heavy atom. The molecule has 1 amide bonds. The molecule has 7 nitrogen and oxygen atoms in total. The van der Waals surface area contributed by atoms with E-state index in [-0.39, 0.29) is 22.8 Å². The Bertz CT molecular complexity index is 1680. The summed E-state index contributed by atoms with van der Waals surface area (Å²) in [5.41, 5.74) is 1.43. The van der Waals surface area contributed by atoms with Crippen molar-refractivity contribution in [1.29, 1.82) is 0 Å². The van der Waals surface area contributed by atoms with Gasteiger partial charge in [0.05, 0.1) is 40.4 Å². The van der Waals surface area contributed by atoms with Crippen molar-refractivity contribution in [3.05, 3.63) is 99.6 Å². The first-order chi connectivity index (χ1) is 18.5. The number of halogens is 5. The third kappa shape index (κ3) is 5.62. The highest BCUT2D eigenvalue weighted by atomic mass is 35.5. The van der Waals surface area contributed by atoms with Crippen LogP contribution in [0, 0.1) is 0 Å². The minimum absolute atomic E-state index is 0.0779. The van der Waals surface area contributed by atoms with Gasteiger partial charge in [0.25, 0.3) is 5.91 Å². The number of nitrogens with zero attached hydrogens (tertiary/aromatic N) is 5. The summed E-state index contributed by atoms with van der Waals surface area (Å²) < 4.78 is 44.1. The normalized spacial score (nSPS) is 11.9. The van der Waals surface area contributed by atoms with Crippen LogP contribution in [0.5, 0.6) is 0 Å². The predicted octanol–water partition coefficient (Wildman–Crippen LogP) is 7.34. The highest BCUT2D eigenvalue weighted by molar-refractivity contribution is 6.42. The molecular weight excluding hydrogens is 552 g/mol. The summed E-state index contributed by atoms with van der Waals surface area (Å²) in [5.74, 6) is -0.411. The number of benzene rings is 2. The first kappa shape index (κ1) is 26.7. The van der Waals surface area contributed by atoms with Gasteiger partial charge in [-0.05, 0) is 35.2 Å². The fraction of sp³-hybridized carbons (Fsp3) is 0.185. The molecule has 39 heavy (non-hydrogen) atoms. The number of fused-ring (bicyclic) bond motifs is 1. The van der Waals surface area contributed by atoms with E-state index in [2.05, 4.69) is 20.5 Å². The van der Waals surface area contributed by atoms with Crippen molar-refractivity contribution in [2.24, 2.45) is 0 Å². The van der Waals surface area contributed by atoms with Crippen LogP contribution < -0.4 is 5.32 Å². The number of carbonyl (C=O) groups excluding carboxylic acids is 1. The van der Waals surface area contributed by atoms with E-state index in [1.807, 2.05) is 26.0 Å². The number of nitrogens with one attached hydrogen (secondary N) is 1. The maximum Gasteiger partial charge on any atom is 0.433 e. The molecule has 0 aliphatic rings. The molecule has 0 saturated carbocycles. The van der Waals surface area contributed by atoms with Crippen LogP contribution in [0.3, 0.4) is 0 Å². The molecule has 0 aliphatic heterocycles. The van der Waals surface area contributed by atoms with Gasteiger partial charge in [0.1, 0.15) is 5.56 Å². The fourth-order valence-electron chi connectivity index (χ4n) is 4.05. The summed E-state index contributed by atoms with van der Waals surface area (Å²) in [7, 11) is 0. The van der Waals surface area contributed by atoms with Gasteiger partial charge in [-0.1, -0.05) is 67.4 Å². The van der Waals surface area contributed by atoms with E-state index in [4.69, 9.17) is 23.2 Å². The first-order valence-electron chi connectivity index (χ1n) is 11.8. The molecule has 0 atom stereocenters. The van der Waals surface area contributed by atoms with Crippen molar-refractivity contribution in [1.82, 2.24) is 24.4 Å². The van der Waals surface area contributed by atoms with Crippen LogP contribution >= 0.6 is 23.2 Å². The lowest BCUT2D eigenvalue weighted by atomic mass is 10.0. The molecule has 5 rings (SSSR count). The molecule has 0 spiro atoms. The molecule has 0 unspecified atom stereocenters. The third-order valence-corrected chi connectivity index (χ3v) is 6.84. The van der Waals surface area contributed by atoms with Crippen LogP contribution in [0.2, 0.25) is 10.0 Å². The van der Waals surface area contributed by atoms with Gasteiger partial charge in [0.2, 0.25) is 0 Å². The Morgan fingerprint density at radius 2 is 1.74 bits per heavy atom. The average molecular weight is 573 g/mol. The van der Waals surface area contributed by atoms with Gasteiger partial charge < -0.3 is 5.32 Å². The van der Waals surface area contributed by atoms with Crippen molar-refractivity contribution in [3.63, 3.8) is 0 Å². The molecule has 0 fully saturated rings. The Kier molecular flexibility index (Phi) is 7.09. The third-order valence-electron chi connectivity index (χ3n) is 6.10. The summed E-state index contributed by atoms with van der Waals surface area (Å²) in [4.78, 5) is 17.5. The van der Waals surface area contributed by atoms with E-state index in [1.165, 1.54) is 6.20 Å². The first-order valence-corrected chi connectivity index (χ1v) is 12.6. The van der Waals surface area contributed by atoms with E-state index < -0.39 is 17.8 Å². The zero-order valence-corrected chi connectivity index (χ0v) is 22.2. The molecule has 2 aromatic carbocycles. The van der Waals surface area contributed by atoms with Crippen LogP contribution in [0.15, 0.2) is 67.1 Å². The van der Waals surface area contributed by atoms with Crippen LogP contribution in [0.25, 0.3) is 16.9 Å². The number of anilines is 1. The van der Waals surface area contributed by atoms with Gasteiger partial charge in [0.15, 0.2) is 11.3 Å². The molecular formula is C27H21Cl2F3N6O. The fourth-order valence-corrected chi connectivity index (χ4v) is 4.37. The molecule has 3 aromatic heterocycles. The second-order valence-corrected chi connectivity index (χ2v) is 10.0. The molecule has 0 radical (unpaired) electrons. The maximum atomic E-state index is 14.0. The second kappa shape index (κ2) is 10.3. The zero-order chi connectivity index (χ0) is 27.9. The van der Waals surface area contributed by atoms with Crippen LogP contribution in [-0.4, -0.2) is 30.3 Å². The van der Waals surface area contributed by atoms with Gasteiger partial charge >= 0.3 is 6.18 Å². The summed E-state index contributed by atoms with van der Waals surface area (Å²) in [6.07, 6.45) is -0.641. The van der Waals surface area contributed by atoms with E-state index in [0.29, 0.717) is 32.4 Å². The largest absolute Gasteiger partial charge is 0.433 e. The lowest BCUT2D eigenvalue weighted by Gasteiger charge is -2.12. The number of aromatic nitrogens is 5. The average Bonchev–Trinajstić information content (AvgIpc) is 3.51. The Hall–Kier alpha value is -3.89. The minimum atomic E-state index is -4.72. The number of hydrogen-bond acceptors (Lipinski definition) is 4. The van der Waals surface area contributed by atoms with E-state index in [9.17, 15) is 18.0 Å². The molecule has 5 aromatic rings. The number of rotatable bonds is 6. The SMILES string of the molecule is CC(C)c1ccc(-c2cc(C(F)(F)F)n3ncc(C(=O)Nc4cnn(Cc5ccc(Cl)c(Cl)c5)c4)c3n2)cc1. The van der Waals surface area contributed by atoms with Crippen molar-refractivity contribution in [2.45, 2.75) is 32.5 Å². The van der Waals surface area contributed by atoms with Crippen molar-refractivity contribution >= 4 is 40.4 Å². The van der Waals surface area contributed by atoms with Gasteiger partial charge in [-0.15, -0.1) is 0 Å². The highest BCUT2D eigenvalue weighted by Crippen LogP contribution is 2.33. The summed E-state index contributed by atoms with van der Waals surface area (Å²) in [6.45, 7) is 4.41. The summed E-state index contributed by atoms with van der Waals surface area (Å²) >= 11 is 12.0. The van der Waals surface area contributed by atoms with Crippen molar-refractivity contribution in [2.75, 3.05) is 5.32 Å². The number of carbonyl (C=O) groups is 1. The predicted molar refractivity (Wildman–Crippen MR) is 143 cm³/mol. The Labute approximate surface area is 231 Å². The topological polar surface area (TPSA) is 77.1 Å². The van der Waals surface area contributed by atoms with Gasteiger partial charge in [-0.25, -0.2) is 9.50 Å². The number of amides is 1. The van der Waals surface area contributed by atoms with Crippen LogP contribution in [0.4, 0.5) is 18.9 Å². The quantitative estimate of drug-likeness (QED) is 0.231. The number of alkyl halides is 3. The van der Waals surface area contributed by atoms with Gasteiger partial charge in [-0.3, -0.25) is 9.48 Å². The van der Waals surface area contributed by atoms with Crippen LogP contribution in [0.1, 0.15) is 46.9 Å². The Balaban J connectivity index is 1.45. The minimum Gasteiger partial charge on any atom is -0.319 e. The summed E-state index contributed by atoms with van der Waals surface area (Å²) in [6, 6.07) is 13.2. The molecule has 0 saturated heterocycles. The van der Waals surface area contributed by atoms with Gasteiger partial charge in [0, 0.05) is 11.8 Å². The maximum absolute atomic E-state index is 14.0. The molecule has 1 N–H and O–H groups in total. The van der Waals surface area contributed by atoms with Gasteiger partial charge in [-0.2, -0.15) is 23.4 Å². The molecule has 0 bridgehead atoms. The summed E-state index contributed by atoms with van der Waals surface area (Å²) in [5, 5.41) is 11.5. The smallest absolute Gasteiger partial charge is 0.319 e. The lowest BCUT2D eigenvalue weighted by Crippen LogP contribution is -2.15. The van der Waals surface area contributed by atoms with E-state index in [0.717, 1.165) is 23.4 Å². The second-order valence-electron chi connectivity index (χ2n) is 9.22. The van der Waals surface area contributed by atoms with E-state index in [1.54, 1.807) is 41.2 Å². The van der Waals surface area contributed by atoms with Crippen LogP contribution in [-0.2, 0) is 12.7 Å².